The molecule has 108 valence electrons. The molecule has 21 heavy (non-hydrogen) atoms. The third-order valence-electron chi connectivity index (χ3n) is 2.92. The predicted molar refractivity (Wildman–Crippen MR) is 75.1 cm³/mol. The van der Waals surface area contributed by atoms with Crippen LogP contribution in [0.25, 0.3) is 5.69 Å². The second-order valence-electron chi connectivity index (χ2n) is 4.53. The van der Waals surface area contributed by atoms with E-state index in [1.54, 1.807) is 28.1 Å². The minimum absolute atomic E-state index is 0.211. The van der Waals surface area contributed by atoms with Gasteiger partial charge in [0.25, 0.3) is 0 Å². The number of aromatic nitrogens is 5. The molecule has 0 spiro atoms. The summed E-state index contributed by atoms with van der Waals surface area (Å²) in [5.74, 6) is 0.693. The Bertz CT molecular complexity index is 649. The molecule has 0 fully saturated rings. The van der Waals surface area contributed by atoms with E-state index < -0.39 is 6.10 Å². The van der Waals surface area contributed by atoms with Crippen molar-refractivity contribution in [3.05, 3.63) is 55.4 Å². The second-order valence-corrected chi connectivity index (χ2v) is 4.53. The molecule has 1 N–H and O–H groups in total. The molecule has 2 heterocycles. The molecule has 0 aliphatic rings. The predicted octanol–water partition coefficient (Wildman–Crippen LogP) is 0.904. The summed E-state index contributed by atoms with van der Waals surface area (Å²) >= 11 is 0. The van der Waals surface area contributed by atoms with Crippen molar-refractivity contribution in [2.75, 3.05) is 6.61 Å². The van der Waals surface area contributed by atoms with Crippen LogP contribution in [0.3, 0.4) is 0 Å². The van der Waals surface area contributed by atoms with Crippen LogP contribution in [0, 0.1) is 0 Å². The van der Waals surface area contributed by atoms with E-state index >= 15 is 0 Å². The molecule has 1 aromatic carbocycles. The van der Waals surface area contributed by atoms with Crippen molar-refractivity contribution in [2.24, 2.45) is 0 Å². The van der Waals surface area contributed by atoms with E-state index in [1.807, 2.05) is 30.3 Å². The van der Waals surface area contributed by atoms with Gasteiger partial charge in [-0.1, -0.05) is 0 Å². The zero-order chi connectivity index (χ0) is 14.5. The van der Waals surface area contributed by atoms with E-state index in [0.717, 1.165) is 5.69 Å². The van der Waals surface area contributed by atoms with Gasteiger partial charge in [0.2, 0.25) is 0 Å². The van der Waals surface area contributed by atoms with Crippen LogP contribution in [0.4, 0.5) is 0 Å². The lowest BCUT2D eigenvalue weighted by atomic mass is 10.3. The van der Waals surface area contributed by atoms with Gasteiger partial charge in [-0.25, -0.2) is 9.67 Å². The molecule has 7 nitrogen and oxygen atoms in total. The van der Waals surface area contributed by atoms with Crippen LogP contribution < -0.4 is 4.74 Å². The number of ether oxygens (including phenoxy) is 1. The molecule has 1 unspecified atom stereocenters. The van der Waals surface area contributed by atoms with Crippen molar-refractivity contribution in [1.82, 2.24) is 24.5 Å². The first-order valence-corrected chi connectivity index (χ1v) is 6.54. The number of hydrogen-bond donors (Lipinski definition) is 1. The van der Waals surface area contributed by atoms with Crippen molar-refractivity contribution in [3.63, 3.8) is 0 Å². The molecule has 0 aliphatic heterocycles. The van der Waals surface area contributed by atoms with Gasteiger partial charge in [-0.15, -0.1) is 0 Å². The number of benzene rings is 1. The van der Waals surface area contributed by atoms with E-state index in [4.69, 9.17) is 4.74 Å². The van der Waals surface area contributed by atoms with Crippen molar-refractivity contribution in [1.29, 1.82) is 0 Å². The van der Waals surface area contributed by atoms with Gasteiger partial charge in [0.15, 0.2) is 0 Å². The van der Waals surface area contributed by atoms with E-state index in [-0.39, 0.29) is 6.61 Å². The minimum Gasteiger partial charge on any atom is -0.491 e. The van der Waals surface area contributed by atoms with Gasteiger partial charge < -0.3 is 9.84 Å². The maximum atomic E-state index is 9.88. The Morgan fingerprint density at radius 3 is 2.71 bits per heavy atom. The van der Waals surface area contributed by atoms with E-state index in [9.17, 15) is 5.11 Å². The summed E-state index contributed by atoms with van der Waals surface area (Å²) in [4.78, 5) is 3.90. The summed E-state index contributed by atoms with van der Waals surface area (Å²) in [5, 5.41) is 18.0. The molecule has 0 bridgehead atoms. The van der Waals surface area contributed by atoms with Gasteiger partial charge in [0.1, 0.15) is 31.1 Å². The van der Waals surface area contributed by atoms with Crippen molar-refractivity contribution < 1.29 is 9.84 Å². The van der Waals surface area contributed by atoms with Gasteiger partial charge in [-0.3, -0.25) is 4.68 Å². The summed E-state index contributed by atoms with van der Waals surface area (Å²) in [5.41, 5.74) is 0.900. The Morgan fingerprint density at radius 2 is 2.05 bits per heavy atom. The second kappa shape index (κ2) is 6.19. The lowest BCUT2D eigenvalue weighted by molar-refractivity contribution is 0.0893. The fourth-order valence-electron chi connectivity index (χ4n) is 1.91. The lowest BCUT2D eigenvalue weighted by Gasteiger charge is -2.12. The quantitative estimate of drug-likeness (QED) is 0.728. The molecule has 0 saturated heterocycles. The van der Waals surface area contributed by atoms with Crippen LogP contribution in [0.2, 0.25) is 0 Å². The third-order valence-corrected chi connectivity index (χ3v) is 2.92. The zero-order valence-corrected chi connectivity index (χ0v) is 11.3. The number of aliphatic hydroxyl groups excluding tert-OH is 1. The smallest absolute Gasteiger partial charge is 0.138 e. The number of nitrogens with zero attached hydrogens (tertiary/aromatic N) is 5. The Hall–Kier alpha value is -2.67. The van der Waals surface area contributed by atoms with E-state index in [1.165, 1.54) is 6.33 Å². The number of aliphatic hydroxyl groups is 1. The standard InChI is InChI=1S/C14H15N5O2/c20-13(8-18-7-1-6-16-18)9-21-14-4-2-12(3-5-14)19-11-15-10-17-19/h1-7,10-11,13,20H,8-9H2. The maximum Gasteiger partial charge on any atom is 0.138 e. The first kappa shape index (κ1) is 13.3. The van der Waals surface area contributed by atoms with Gasteiger partial charge >= 0.3 is 0 Å². The molecule has 0 saturated carbocycles. The highest BCUT2D eigenvalue weighted by Gasteiger charge is 2.07. The zero-order valence-electron chi connectivity index (χ0n) is 11.3. The van der Waals surface area contributed by atoms with Crippen LogP contribution in [-0.2, 0) is 6.54 Å². The Labute approximate surface area is 121 Å². The highest BCUT2D eigenvalue weighted by Crippen LogP contribution is 2.14. The largest absolute Gasteiger partial charge is 0.491 e. The average molecular weight is 285 g/mol. The summed E-state index contributed by atoms with van der Waals surface area (Å²) in [6.45, 7) is 0.618. The Balaban J connectivity index is 1.53. The van der Waals surface area contributed by atoms with Crippen molar-refractivity contribution >= 4 is 0 Å². The topological polar surface area (TPSA) is 78.0 Å². The summed E-state index contributed by atoms with van der Waals surface area (Å²) in [7, 11) is 0. The van der Waals surface area contributed by atoms with Crippen LogP contribution in [-0.4, -0.2) is 42.4 Å². The normalized spacial score (nSPS) is 12.2. The van der Waals surface area contributed by atoms with Gasteiger partial charge in [0, 0.05) is 12.4 Å². The summed E-state index contributed by atoms with van der Waals surface area (Å²) in [6.07, 6.45) is 5.98. The first-order valence-electron chi connectivity index (χ1n) is 6.54. The average Bonchev–Trinajstić information content (AvgIpc) is 3.19. The highest BCUT2D eigenvalue weighted by atomic mass is 16.5. The maximum absolute atomic E-state index is 9.88. The summed E-state index contributed by atoms with van der Waals surface area (Å²) < 4.78 is 8.88. The van der Waals surface area contributed by atoms with E-state index in [2.05, 4.69) is 15.2 Å². The summed E-state index contributed by atoms with van der Waals surface area (Å²) in [6, 6.07) is 9.24. The van der Waals surface area contributed by atoms with Crippen molar-refractivity contribution in [2.45, 2.75) is 12.6 Å². The van der Waals surface area contributed by atoms with Crippen molar-refractivity contribution in [3.8, 4) is 11.4 Å². The van der Waals surface area contributed by atoms with Gasteiger partial charge in [0.05, 0.1) is 12.2 Å². The van der Waals surface area contributed by atoms with Crippen LogP contribution >= 0.6 is 0 Å². The molecular formula is C14H15N5O2. The van der Waals surface area contributed by atoms with Crippen LogP contribution in [0.5, 0.6) is 5.75 Å². The molecule has 7 heteroatoms. The molecular weight excluding hydrogens is 270 g/mol. The Morgan fingerprint density at radius 1 is 1.19 bits per heavy atom. The molecule has 0 aliphatic carbocycles. The van der Waals surface area contributed by atoms with Gasteiger partial charge in [-0.2, -0.15) is 10.2 Å². The fourth-order valence-corrected chi connectivity index (χ4v) is 1.91. The molecule has 3 aromatic rings. The number of rotatable bonds is 6. The van der Waals surface area contributed by atoms with Crippen LogP contribution in [0.1, 0.15) is 0 Å². The highest BCUT2D eigenvalue weighted by molar-refractivity contribution is 5.36. The first-order chi connectivity index (χ1) is 10.3. The van der Waals surface area contributed by atoms with E-state index in [0.29, 0.717) is 12.3 Å². The lowest BCUT2D eigenvalue weighted by Crippen LogP contribution is -2.23. The molecule has 1 atom stereocenters. The van der Waals surface area contributed by atoms with Crippen LogP contribution in [0.15, 0.2) is 55.4 Å². The minimum atomic E-state index is -0.611. The SMILES string of the molecule is OC(COc1ccc(-n2cncn2)cc1)Cn1cccn1. The fraction of sp³-hybridized carbons (Fsp3) is 0.214. The molecule has 3 rings (SSSR count). The Kier molecular flexibility index (Phi) is 3.92. The monoisotopic (exact) mass is 285 g/mol. The van der Waals surface area contributed by atoms with Gasteiger partial charge in [-0.05, 0) is 30.3 Å². The third kappa shape index (κ3) is 3.46. The molecule has 0 amide bonds. The molecule has 0 radical (unpaired) electrons. The number of hydrogen-bond acceptors (Lipinski definition) is 5. The molecule has 2 aromatic heterocycles.